The minimum absolute atomic E-state index is 0.659. The van der Waals surface area contributed by atoms with Gasteiger partial charge >= 0.3 is 290 Å². The summed E-state index contributed by atoms with van der Waals surface area (Å²) < 4.78 is 1.33. The molecule has 0 amide bonds. The Labute approximate surface area is 288 Å². The Bertz CT molecular complexity index is 1640. The van der Waals surface area contributed by atoms with Gasteiger partial charge in [-0.15, -0.1) is 0 Å². The van der Waals surface area contributed by atoms with Crippen LogP contribution in [0.2, 0.25) is 13.1 Å². The first-order valence-corrected chi connectivity index (χ1v) is 27.9. The van der Waals surface area contributed by atoms with Crippen LogP contribution in [0.25, 0.3) is 34.4 Å². The van der Waals surface area contributed by atoms with E-state index in [1.165, 1.54) is 57.3 Å². The molecule has 4 aromatic rings. The SMILES string of the molecule is CCc1ccccc1-c1cccc2c1C=C(CC(C)C)[CH]2[Zr]([CH]1C(CC(C)C)=Cc2c(-c3ccccc3CC)cccc21)[SiH](C)C. The molecule has 0 aromatic heterocycles. The Morgan fingerprint density at radius 3 is 1.30 bits per heavy atom. The van der Waals surface area contributed by atoms with E-state index in [1.807, 2.05) is 0 Å². The molecule has 0 saturated heterocycles. The molecular formula is C44H53SiZr. The Balaban J connectivity index is 1.55. The molecular weight excluding hydrogens is 648 g/mol. The van der Waals surface area contributed by atoms with Gasteiger partial charge in [0.05, 0.1) is 0 Å². The summed E-state index contributed by atoms with van der Waals surface area (Å²) >= 11 is -2.22. The zero-order valence-corrected chi connectivity index (χ0v) is 33.1. The van der Waals surface area contributed by atoms with E-state index >= 15 is 0 Å². The fourth-order valence-electron chi connectivity index (χ4n) is 8.50. The molecule has 237 valence electrons. The summed E-state index contributed by atoms with van der Waals surface area (Å²) in [4.78, 5) is 0. The second-order valence-corrected chi connectivity index (χ2v) is 34.9. The van der Waals surface area contributed by atoms with Gasteiger partial charge in [0.25, 0.3) is 0 Å². The van der Waals surface area contributed by atoms with Gasteiger partial charge in [0, 0.05) is 0 Å². The quantitative estimate of drug-likeness (QED) is 0.137. The summed E-state index contributed by atoms with van der Waals surface area (Å²) in [5.41, 5.74) is 18.6. The fraction of sp³-hybridized carbons (Fsp3) is 0.364. The average molecular weight is 701 g/mol. The first-order chi connectivity index (χ1) is 22.2. The predicted molar refractivity (Wildman–Crippen MR) is 202 cm³/mol. The minimum atomic E-state index is -2.22. The maximum absolute atomic E-state index is 2.72. The number of hydrogen-bond acceptors (Lipinski definition) is 0. The van der Waals surface area contributed by atoms with Crippen molar-refractivity contribution in [3.8, 4) is 22.3 Å². The summed E-state index contributed by atoms with van der Waals surface area (Å²) in [6.07, 6.45) is 9.94. The summed E-state index contributed by atoms with van der Waals surface area (Å²) in [7, 11) is 0. The van der Waals surface area contributed by atoms with Gasteiger partial charge in [-0.05, 0) is 0 Å². The van der Waals surface area contributed by atoms with E-state index < -0.39 is 26.8 Å². The zero-order valence-electron chi connectivity index (χ0n) is 29.5. The van der Waals surface area contributed by atoms with Crippen LogP contribution in [-0.2, 0) is 33.8 Å². The molecule has 0 saturated carbocycles. The van der Waals surface area contributed by atoms with E-state index in [2.05, 4.69) is 152 Å². The van der Waals surface area contributed by atoms with Crippen molar-refractivity contribution >= 4 is 18.1 Å². The zero-order chi connectivity index (χ0) is 32.5. The molecule has 2 aliphatic carbocycles. The van der Waals surface area contributed by atoms with Gasteiger partial charge in [-0.1, -0.05) is 0 Å². The summed E-state index contributed by atoms with van der Waals surface area (Å²) in [6, 6.07) is 32.9. The van der Waals surface area contributed by atoms with Crippen LogP contribution in [-0.4, -0.2) is 5.92 Å². The van der Waals surface area contributed by atoms with Crippen LogP contribution in [0.5, 0.6) is 0 Å². The third-order valence-corrected chi connectivity index (χ3v) is 32.0. The van der Waals surface area contributed by atoms with Gasteiger partial charge in [0.15, 0.2) is 0 Å². The molecule has 4 aromatic carbocycles. The topological polar surface area (TPSA) is 0 Å². The molecule has 0 nitrogen and oxygen atoms in total. The van der Waals surface area contributed by atoms with Crippen molar-refractivity contribution in [2.75, 3.05) is 0 Å². The number of hydrogen-bond donors (Lipinski definition) is 0. The van der Waals surface area contributed by atoms with E-state index in [1.54, 1.807) is 22.3 Å². The molecule has 0 aliphatic heterocycles. The van der Waals surface area contributed by atoms with Gasteiger partial charge in [-0.25, -0.2) is 0 Å². The van der Waals surface area contributed by atoms with Crippen LogP contribution in [0.4, 0.5) is 0 Å². The van der Waals surface area contributed by atoms with Crippen molar-refractivity contribution in [3.63, 3.8) is 0 Å². The van der Waals surface area contributed by atoms with E-state index in [4.69, 9.17) is 0 Å². The number of aryl methyl sites for hydroxylation is 2. The van der Waals surface area contributed by atoms with Gasteiger partial charge in [-0.3, -0.25) is 0 Å². The second kappa shape index (κ2) is 14.3. The van der Waals surface area contributed by atoms with Gasteiger partial charge in [0.1, 0.15) is 0 Å². The van der Waals surface area contributed by atoms with E-state index in [0.717, 1.165) is 12.8 Å². The van der Waals surface area contributed by atoms with E-state index in [9.17, 15) is 0 Å². The van der Waals surface area contributed by atoms with Crippen molar-refractivity contribution in [2.24, 2.45) is 11.8 Å². The number of benzene rings is 4. The molecule has 2 heteroatoms. The Hall–Kier alpha value is -2.54. The number of rotatable bonds is 11. The van der Waals surface area contributed by atoms with Crippen LogP contribution in [0.3, 0.4) is 0 Å². The Morgan fingerprint density at radius 1 is 0.543 bits per heavy atom. The second-order valence-electron chi connectivity index (χ2n) is 14.8. The molecule has 0 heterocycles. The molecule has 6 rings (SSSR count). The van der Waals surface area contributed by atoms with E-state index in [0.29, 0.717) is 19.1 Å². The van der Waals surface area contributed by atoms with Gasteiger partial charge < -0.3 is 0 Å². The van der Waals surface area contributed by atoms with Crippen molar-refractivity contribution in [1.82, 2.24) is 0 Å². The third kappa shape index (κ3) is 6.34. The third-order valence-electron chi connectivity index (χ3n) is 10.3. The molecule has 0 radical (unpaired) electrons. The first kappa shape index (κ1) is 33.4. The molecule has 2 atom stereocenters. The van der Waals surface area contributed by atoms with Crippen molar-refractivity contribution < 1.29 is 20.9 Å². The monoisotopic (exact) mass is 699 g/mol. The fourth-order valence-corrected chi connectivity index (χ4v) is 31.2. The average Bonchev–Trinajstić information content (AvgIpc) is 3.58. The Morgan fingerprint density at radius 2 is 0.935 bits per heavy atom. The molecule has 2 unspecified atom stereocenters. The Kier molecular flexibility index (Phi) is 10.4. The molecule has 0 N–H and O–H groups in total. The van der Waals surface area contributed by atoms with Crippen molar-refractivity contribution in [3.05, 3.63) is 129 Å². The van der Waals surface area contributed by atoms with Gasteiger partial charge in [0.2, 0.25) is 0 Å². The molecule has 46 heavy (non-hydrogen) atoms. The van der Waals surface area contributed by atoms with Crippen molar-refractivity contribution in [2.45, 2.75) is 87.6 Å². The normalized spacial score (nSPS) is 17.0. The standard InChI is InChI=1S/2C21H23.C2H7Si.Zr/c2*1-4-17-8-5-6-10-19(17)20-11-7-9-18-13-16(12-15(2)3)14-21(18)20;1-3-2;/h2*5-11,13-15H,4,12H2,1-3H3;3H,1-2H3;. The van der Waals surface area contributed by atoms with Crippen LogP contribution in [0, 0.1) is 11.8 Å². The number of fused-ring (bicyclic) bond motifs is 2. The van der Waals surface area contributed by atoms with Crippen molar-refractivity contribution in [1.29, 1.82) is 0 Å². The summed E-state index contributed by atoms with van der Waals surface area (Å²) in [5, 5.41) is 0. The summed E-state index contributed by atoms with van der Waals surface area (Å²) in [6.45, 7) is 19.7. The first-order valence-electron chi connectivity index (χ1n) is 17.9. The van der Waals surface area contributed by atoms with Crippen LogP contribution in [0.1, 0.15) is 95.0 Å². The van der Waals surface area contributed by atoms with E-state index in [-0.39, 0.29) is 0 Å². The number of allylic oxidation sites excluding steroid dienone is 2. The molecule has 0 bridgehead atoms. The van der Waals surface area contributed by atoms with Gasteiger partial charge in [-0.2, -0.15) is 0 Å². The van der Waals surface area contributed by atoms with Crippen LogP contribution in [0.15, 0.2) is 96.1 Å². The molecule has 0 fully saturated rings. The molecule has 0 spiro atoms. The summed E-state index contributed by atoms with van der Waals surface area (Å²) in [5.74, 6) is 0.345. The van der Waals surface area contributed by atoms with Crippen LogP contribution < -0.4 is 0 Å². The van der Waals surface area contributed by atoms with Crippen LogP contribution >= 0.6 is 0 Å². The predicted octanol–water partition coefficient (Wildman–Crippen LogP) is 12.4. The molecule has 2 aliphatic rings. The maximum atomic E-state index is 2.72.